The van der Waals surface area contributed by atoms with Crippen molar-refractivity contribution in [1.82, 2.24) is 5.32 Å². The summed E-state index contributed by atoms with van der Waals surface area (Å²) in [5, 5.41) is 23.3. The highest BCUT2D eigenvalue weighted by atomic mass is 16.5. The van der Waals surface area contributed by atoms with Crippen molar-refractivity contribution in [2.45, 2.75) is 411 Å². The molecule has 2 unspecified atom stereocenters. The molecule has 0 aliphatic rings. The Morgan fingerprint density at radius 3 is 0.895 bits per heavy atom. The summed E-state index contributed by atoms with van der Waals surface area (Å²) in [5.41, 5.74) is 0. The van der Waals surface area contributed by atoms with E-state index in [9.17, 15) is 19.8 Å². The first-order valence-electron chi connectivity index (χ1n) is 35.0. The normalized spacial score (nSPS) is 12.5. The zero-order valence-corrected chi connectivity index (χ0v) is 51.8. The van der Waals surface area contributed by atoms with E-state index in [1.165, 1.54) is 334 Å². The number of carbonyl (C=O) groups is 2. The van der Waals surface area contributed by atoms with Gasteiger partial charge in [-0.2, -0.15) is 0 Å². The van der Waals surface area contributed by atoms with Crippen molar-refractivity contribution < 1.29 is 24.5 Å². The number of unbranched alkanes of at least 4 members (excludes halogenated alkanes) is 55. The van der Waals surface area contributed by atoms with E-state index in [0.29, 0.717) is 19.4 Å². The average Bonchev–Trinajstić information content (AvgIpc) is 3.42. The van der Waals surface area contributed by atoms with Crippen LogP contribution in [0, 0.1) is 0 Å². The number of ether oxygens (including phenoxy) is 1. The molecule has 6 heteroatoms. The number of hydrogen-bond donors (Lipinski definition) is 3. The number of rotatable bonds is 66. The summed E-state index contributed by atoms with van der Waals surface area (Å²) in [6, 6.07) is -0.627. The standard InChI is InChI=1S/C70H137NO5/c1-3-5-7-9-11-13-15-16-17-18-19-20-24-27-30-33-36-39-43-46-50-54-58-62-68(73)67(66-72)71-69(74)63-59-55-51-47-44-40-37-34-31-28-25-22-21-23-26-29-32-35-38-41-45-49-53-57-61-65-76-70(75)64-60-56-52-48-42-14-12-10-8-6-4-2/h58,62,67-68,72-73H,3-57,59-61,63-66H2,1-2H3,(H,71,74)/b62-58+. The van der Waals surface area contributed by atoms with Gasteiger partial charge in [-0.1, -0.05) is 366 Å². The maximum Gasteiger partial charge on any atom is 0.305 e. The molecule has 76 heavy (non-hydrogen) atoms. The molecule has 1 amide bonds. The molecule has 0 spiro atoms. The summed E-state index contributed by atoms with van der Waals surface area (Å²) in [6.45, 7) is 4.94. The molecule has 6 nitrogen and oxygen atoms in total. The molecule has 0 heterocycles. The van der Waals surface area contributed by atoms with Crippen LogP contribution in [0.1, 0.15) is 399 Å². The SMILES string of the molecule is CCCCCCCCCCCCCCCCCCCCCCC/C=C/C(O)C(CO)NC(=O)CCCCCCCCCCCCCCCCCCCCCCCCCCCOC(=O)CCCCCCCCCCCCC. The molecule has 0 aliphatic carbocycles. The minimum absolute atomic E-state index is 0.0166. The number of nitrogens with one attached hydrogen (secondary N) is 1. The highest BCUT2D eigenvalue weighted by Crippen LogP contribution is 2.19. The molecule has 2 atom stereocenters. The summed E-state index contributed by atoms with van der Waals surface area (Å²) in [5.74, 6) is -0.0447. The predicted molar refractivity (Wildman–Crippen MR) is 333 cm³/mol. The molecule has 0 rings (SSSR count). The molecule has 452 valence electrons. The number of carbonyl (C=O) groups excluding carboxylic acids is 2. The van der Waals surface area contributed by atoms with Crippen molar-refractivity contribution in [3.05, 3.63) is 12.2 Å². The van der Waals surface area contributed by atoms with E-state index in [-0.39, 0.29) is 18.5 Å². The van der Waals surface area contributed by atoms with E-state index in [1.54, 1.807) is 6.08 Å². The van der Waals surface area contributed by atoms with Gasteiger partial charge in [0.05, 0.1) is 25.4 Å². The summed E-state index contributed by atoms with van der Waals surface area (Å²) in [7, 11) is 0. The van der Waals surface area contributed by atoms with Gasteiger partial charge in [0.2, 0.25) is 5.91 Å². The third-order valence-electron chi connectivity index (χ3n) is 16.6. The van der Waals surface area contributed by atoms with Crippen LogP contribution in [0.5, 0.6) is 0 Å². The Labute approximate surface area is 476 Å². The van der Waals surface area contributed by atoms with Gasteiger partial charge in [-0.3, -0.25) is 9.59 Å². The predicted octanol–water partition coefficient (Wildman–Crippen LogP) is 22.4. The molecule has 0 aliphatic heterocycles. The molecule has 3 N–H and O–H groups in total. The summed E-state index contributed by atoms with van der Waals surface area (Å²) in [4.78, 5) is 24.5. The van der Waals surface area contributed by atoms with Crippen LogP contribution in [0.15, 0.2) is 12.2 Å². The first kappa shape index (κ1) is 74.6. The molecular formula is C70H137NO5. The summed E-state index contributed by atoms with van der Waals surface area (Å²) in [6.07, 6.45) is 81.4. The Hall–Kier alpha value is -1.40. The second-order valence-electron chi connectivity index (χ2n) is 24.2. The lowest BCUT2D eigenvalue weighted by Crippen LogP contribution is -2.45. The molecule has 0 radical (unpaired) electrons. The second kappa shape index (κ2) is 66.1. The van der Waals surface area contributed by atoms with Crippen molar-refractivity contribution in [3.63, 3.8) is 0 Å². The van der Waals surface area contributed by atoms with Gasteiger partial charge >= 0.3 is 5.97 Å². The molecular weight excluding hydrogens is 935 g/mol. The van der Waals surface area contributed by atoms with Crippen LogP contribution < -0.4 is 5.32 Å². The van der Waals surface area contributed by atoms with Gasteiger partial charge < -0.3 is 20.3 Å². The Kier molecular flexibility index (Phi) is 64.9. The van der Waals surface area contributed by atoms with Crippen LogP contribution in [0.2, 0.25) is 0 Å². The quantitative estimate of drug-likeness (QED) is 0.0320. The molecule has 0 aromatic carbocycles. The zero-order chi connectivity index (χ0) is 55.0. The van der Waals surface area contributed by atoms with Crippen LogP contribution in [-0.2, 0) is 14.3 Å². The van der Waals surface area contributed by atoms with Crippen LogP contribution in [0.4, 0.5) is 0 Å². The maximum atomic E-state index is 12.5. The molecule has 0 saturated carbocycles. The lowest BCUT2D eigenvalue weighted by atomic mass is 10.0. The van der Waals surface area contributed by atoms with Crippen molar-refractivity contribution in [3.8, 4) is 0 Å². The number of aliphatic hydroxyl groups is 2. The lowest BCUT2D eigenvalue weighted by Gasteiger charge is -2.20. The van der Waals surface area contributed by atoms with E-state index in [4.69, 9.17) is 4.74 Å². The van der Waals surface area contributed by atoms with Gasteiger partial charge in [-0.05, 0) is 32.1 Å². The number of hydrogen-bond acceptors (Lipinski definition) is 5. The highest BCUT2D eigenvalue weighted by molar-refractivity contribution is 5.76. The Morgan fingerprint density at radius 2 is 0.605 bits per heavy atom. The zero-order valence-electron chi connectivity index (χ0n) is 51.8. The summed E-state index contributed by atoms with van der Waals surface area (Å²) < 4.78 is 5.47. The Bertz CT molecular complexity index is 1140. The fourth-order valence-corrected chi connectivity index (χ4v) is 11.2. The fourth-order valence-electron chi connectivity index (χ4n) is 11.2. The second-order valence-corrected chi connectivity index (χ2v) is 24.2. The molecule has 0 aromatic heterocycles. The lowest BCUT2D eigenvalue weighted by molar-refractivity contribution is -0.143. The van der Waals surface area contributed by atoms with Gasteiger partial charge in [-0.15, -0.1) is 0 Å². The van der Waals surface area contributed by atoms with E-state index in [1.807, 2.05) is 6.08 Å². The number of allylic oxidation sites excluding steroid dienone is 1. The van der Waals surface area contributed by atoms with Crippen molar-refractivity contribution in [2.24, 2.45) is 0 Å². The molecule has 0 bridgehead atoms. The Balaban J connectivity index is 3.39. The van der Waals surface area contributed by atoms with Crippen molar-refractivity contribution in [2.75, 3.05) is 13.2 Å². The van der Waals surface area contributed by atoms with E-state index < -0.39 is 12.1 Å². The minimum Gasteiger partial charge on any atom is -0.466 e. The Morgan fingerprint density at radius 1 is 0.355 bits per heavy atom. The van der Waals surface area contributed by atoms with Gasteiger partial charge in [-0.25, -0.2) is 0 Å². The van der Waals surface area contributed by atoms with Crippen LogP contribution >= 0.6 is 0 Å². The van der Waals surface area contributed by atoms with Gasteiger partial charge in [0.1, 0.15) is 0 Å². The largest absolute Gasteiger partial charge is 0.466 e. The number of esters is 1. The first-order chi connectivity index (χ1) is 37.5. The van der Waals surface area contributed by atoms with Crippen LogP contribution in [0.25, 0.3) is 0 Å². The number of aliphatic hydroxyl groups excluding tert-OH is 2. The van der Waals surface area contributed by atoms with E-state index >= 15 is 0 Å². The van der Waals surface area contributed by atoms with Gasteiger partial charge in [0.15, 0.2) is 0 Å². The third kappa shape index (κ3) is 61.8. The van der Waals surface area contributed by atoms with E-state index in [0.717, 1.165) is 38.5 Å². The van der Waals surface area contributed by atoms with Crippen molar-refractivity contribution >= 4 is 11.9 Å². The monoisotopic (exact) mass is 1070 g/mol. The first-order valence-corrected chi connectivity index (χ1v) is 35.0. The smallest absolute Gasteiger partial charge is 0.305 e. The molecule has 0 aromatic rings. The number of amides is 1. The van der Waals surface area contributed by atoms with Crippen LogP contribution in [-0.4, -0.2) is 47.4 Å². The molecule has 0 saturated heterocycles. The van der Waals surface area contributed by atoms with Gasteiger partial charge in [0.25, 0.3) is 0 Å². The van der Waals surface area contributed by atoms with E-state index in [2.05, 4.69) is 19.2 Å². The average molecular weight is 1070 g/mol. The third-order valence-corrected chi connectivity index (χ3v) is 16.6. The van der Waals surface area contributed by atoms with Gasteiger partial charge in [0, 0.05) is 12.8 Å². The van der Waals surface area contributed by atoms with Crippen LogP contribution in [0.3, 0.4) is 0 Å². The van der Waals surface area contributed by atoms with Crippen molar-refractivity contribution in [1.29, 1.82) is 0 Å². The maximum absolute atomic E-state index is 12.5. The fraction of sp³-hybridized carbons (Fsp3) is 0.943. The highest BCUT2D eigenvalue weighted by Gasteiger charge is 2.18. The topological polar surface area (TPSA) is 95.9 Å². The minimum atomic E-state index is -0.844. The summed E-state index contributed by atoms with van der Waals surface area (Å²) >= 11 is 0. The molecule has 0 fully saturated rings.